The Bertz CT molecular complexity index is 633. The predicted octanol–water partition coefficient (Wildman–Crippen LogP) is 3.89. The molecule has 92 valence electrons. The van der Waals surface area contributed by atoms with E-state index >= 15 is 0 Å². The monoisotopic (exact) mass is 258 g/mol. The van der Waals surface area contributed by atoms with Crippen molar-refractivity contribution in [2.75, 3.05) is 13.1 Å². The summed E-state index contributed by atoms with van der Waals surface area (Å²) in [5.74, 6) is 0.730. The first-order valence-electron chi connectivity index (χ1n) is 6.54. The van der Waals surface area contributed by atoms with Crippen LogP contribution in [0.15, 0.2) is 30.6 Å². The predicted molar refractivity (Wildman–Crippen MR) is 75.6 cm³/mol. The van der Waals surface area contributed by atoms with Crippen LogP contribution in [-0.4, -0.2) is 23.0 Å². The molecule has 4 heterocycles. The number of nitrogens with zero attached hydrogens (tertiary/aromatic N) is 1. The molecule has 1 saturated heterocycles. The second kappa shape index (κ2) is 3.79. The van der Waals surface area contributed by atoms with Crippen molar-refractivity contribution in [1.29, 1.82) is 0 Å². The summed E-state index contributed by atoms with van der Waals surface area (Å²) in [5, 5.41) is 2.06. The fourth-order valence-corrected chi connectivity index (χ4v) is 3.43. The number of benzene rings is 1. The summed E-state index contributed by atoms with van der Waals surface area (Å²) in [4.78, 5) is 5.80. The molecule has 0 radical (unpaired) electrons. The second-order valence-electron chi connectivity index (χ2n) is 5.29. The van der Waals surface area contributed by atoms with E-state index in [1.54, 1.807) is 0 Å². The third-order valence-electron chi connectivity index (χ3n) is 4.25. The number of piperidine rings is 1. The first-order valence-corrected chi connectivity index (χ1v) is 6.92. The molecule has 18 heavy (non-hydrogen) atoms. The lowest BCUT2D eigenvalue weighted by molar-refractivity contribution is 0.252. The van der Waals surface area contributed by atoms with Crippen LogP contribution in [0.2, 0.25) is 5.02 Å². The molecule has 0 aliphatic carbocycles. The van der Waals surface area contributed by atoms with E-state index in [2.05, 4.69) is 34.4 Å². The second-order valence-corrected chi connectivity index (χ2v) is 5.72. The van der Waals surface area contributed by atoms with Crippen molar-refractivity contribution < 1.29 is 0 Å². The Hall–Kier alpha value is -1.41. The lowest BCUT2D eigenvalue weighted by Crippen LogP contribution is -2.35. The van der Waals surface area contributed by atoms with Crippen molar-refractivity contribution in [3.63, 3.8) is 0 Å². The van der Waals surface area contributed by atoms with Crippen LogP contribution in [-0.2, 0) is 0 Å². The maximum absolute atomic E-state index is 6.12. The molecule has 1 aromatic carbocycles. The molecular formula is C15H15ClN2. The minimum absolute atomic E-state index is 0.730. The molecule has 0 amide bonds. The van der Waals surface area contributed by atoms with E-state index in [0.29, 0.717) is 0 Å². The largest absolute Gasteiger partial charge is 0.377 e. The standard InChI is InChI=1S/C15H15ClN2/c16-11-1-2-15-12(7-11)13(8-17-15)14-9-18-5-3-10(14)4-6-18/h1-2,7-10,17H,3-6H2. The number of H-pyrrole nitrogens is 1. The van der Waals surface area contributed by atoms with Gasteiger partial charge in [-0.2, -0.15) is 0 Å². The van der Waals surface area contributed by atoms with Crippen molar-refractivity contribution in [2.45, 2.75) is 12.8 Å². The number of rotatable bonds is 1. The van der Waals surface area contributed by atoms with E-state index in [1.165, 1.54) is 48.0 Å². The summed E-state index contributed by atoms with van der Waals surface area (Å²) in [7, 11) is 0. The van der Waals surface area contributed by atoms with Crippen molar-refractivity contribution in [2.24, 2.45) is 5.92 Å². The molecule has 0 spiro atoms. The van der Waals surface area contributed by atoms with Crippen LogP contribution >= 0.6 is 11.6 Å². The highest BCUT2D eigenvalue weighted by atomic mass is 35.5. The first-order chi connectivity index (χ1) is 8.81. The summed E-state index contributed by atoms with van der Waals surface area (Å²) in [6, 6.07) is 6.07. The molecule has 3 heteroatoms. The molecule has 5 rings (SSSR count). The maximum atomic E-state index is 6.12. The summed E-state index contributed by atoms with van der Waals surface area (Å²) in [6.07, 6.45) is 7.06. The van der Waals surface area contributed by atoms with Crippen LogP contribution in [0.1, 0.15) is 18.4 Å². The molecule has 1 aromatic heterocycles. The molecule has 2 bridgehead atoms. The zero-order valence-corrected chi connectivity index (χ0v) is 10.9. The van der Waals surface area contributed by atoms with Crippen LogP contribution in [0.4, 0.5) is 0 Å². The van der Waals surface area contributed by atoms with Gasteiger partial charge < -0.3 is 9.88 Å². The van der Waals surface area contributed by atoms with Crippen LogP contribution in [0.3, 0.4) is 0 Å². The molecule has 1 N–H and O–H groups in total. The normalized spacial score (nSPS) is 19.6. The zero-order chi connectivity index (χ0) is 12.1. The van der Waals surface area contributed by atoms with Crippen molar-refractivity contribution in [1.82, 2.24) is 9.88 Å². The van der Waals surface area contributed by atoms with Gasteiger partial charge in [-0.25, -0.2) is 0 Å². The van der Waals surface area contributed by atoms with E-state index in [9.17, 15) is 0 Å². The molecule has 2 aromatic rings. The van der Waals surface area contributed by atoms with E-state index in [4.69, 9.17) is 11.6 Å². The summed E-state index contributed by atoms with van der Waals surface area (Å²) in [6.45, 7) is 2.44. The molecular weight excluding hydrogens is 244 g/mol. The third kappa shape index (κ3) is 1.49. The van der Waals surface area contributed by atoms with Gasteiger partial charge in [-0.15, -0.1) is 0 Å². The number of hydrogen-bond donors (Lipinski definition) is 1. The molecule has 0 saturated carbocycles. The number of fused-ring (bicyclic) bond motifs is 3. The van der Waals surface area contributed by atoms with Gasteiger partial charge in [0.05, 0.1) is 0 Å². The van der Waals surface area contributed by atoms with Gasteiger partial charge in [0, 0.05) is 47.0 Å². The number of halogens is 1. The minimum atomic E-state index is 0.730. The van der Waals surface area contributed by atoms with E-state index in [1.807, 2.05) is 6.07 Å². The van der Waals surface area contributed by atoms with Crippen LogP contribution in [0.5, 0.6) is 0 Å². The Morgan fingerprint density at radius 2 is 2.06 bits per heavy atom. The average Bonchev–Trinajstić information content (AvgIpc) is 2.83. The maximum Gasteiger partial charge on any atom is 0.0461 e. The van der Waals surface area contributed by atoms with Gasteiger partial charge in [-0.05, 0) is 42.5 Å². The number of aromatic amines is 1. The molecule has 1 fully saturated rings. The van der Waals surface area contributed by atoms with Gasteiger partial charge in [-0.3, -0.25) is 0 Å². The van der Waals surface area contributed by atoms with Crippen LogP contribution < -0.4 is 0 Å². The topological polar surface area (TPSA) is 19.0 Å². The Labute approximate surface area is 111 Å². The Morgan fingerprint density at radius 3 is 2.78 bits per heavy atom. The number of nitrogens with one attached hydrogen (secondary N) is 1. The van der Waals surface area contributed by atoms with Crippen molar-refractivity contribution in [3.05, 3.63) is 41.2 Å². The van der Waals surface area contributed by atoms with Gasteiger partial charge in [0.25, 0.3) is 0 Å². The first kappa shape index (κ1) is 10.5. The van der Waals surface area contributed by atoms with E-state index < -0.39 is 0 Å². The van der Waals surface area contributed by atoms with Gasteiger partial charge in [0.1, 0.15) is 0 Å². The van der Waals surface area contributed by atoms with Gasteiger partial charge in [0.2, 0.25) is 0 Å². The highest BCUT2D eigenvalue weighted by Gasteiger charge is 2.28. The fourth-order valence-electron chi connectivity index (χ4n) is 3.26. The lowest BCUT2D eigenvalue weighted by Gasteiger charge is -2.39. The van der Waals surface area contributed by atoms with Crippen molar-refractivity contribution in [3.8, 4) is 0 Å². The summed E-state index contributed by atoms with van der Waals surface area (Å²) >= 11 is 6.12. The molecule has 2 nitrogen and oxygen atoms in total. The van der Waals surface area contributed by atoms with E-state index in [0.717, 1.165) is 10.9 Å². The zero-order valence-electron chi connectivity index (χ0n) is 10.1. The van der Waals surface area contributed by atoms with Gasteiger partial charge in [-0.1, -0.05) is 11.6 Å². The molecule has 3 aliphatic heterocycles. The highest BCUT2D eigenvalue weighted by molar-refractivity contribution is 6.31. The van der Waals surface area contributed by atoms with Crippen LogP contribution in [0, 0.1) is 5.92 Å². The Balaban J connectivity index is 1.90. The summed E-state index contributed by atoms with van der Waals surface area (Å²) in [5.41, 5.74) is 4.00. The van der Waals surface area contributed by atoms with Crippen LogP contribution in [0.25, 0.3) is 16.5 Å². The van der Waals surface area contributed by atoms with Gasteiger partial charge in [0.15, 0.2) is 0 Å². The number of allylic oxidation sites excluding steroid dienone is 1. The smallest absolute Gasteiger partial charge is 0.0461 e. The third-order valence-corrected chi connectivity index (χ3v) is 4.48. The SMILES string of the molecule is Clc1ccc2[nH]cc(C3=CN4CCC3CC4)c2c1. The quantitative estimate of drug-likeness (QED) is 0.822. The van der Waals surface area contributed by atoms with Crippen molar-refractivity contribution >= 4 is 28.1 Å². The molecule has 0 unspecified atom stereocenters. The molecule has 3 aliphatic rings. The number of hydrogen-bond acceptors (Lipinski definition) is 1. The minimum Gasteiger partial charge on any atom is -0.377 e. The highest BCUT2D eigenvalue weighted by Crippen LogP contribution is 2.40. The fraction of sp³-hybridized carbons (Fsp3) is 0.333. The Kier molecular flexibility index (Phi) is 2.21. The lowest BCUT2D eigenvalue weighted by atomic mass is 9.82. The Morgan fingerprint density at radius 1 is 1.22 bits per heavy atom. The number of aromatic nitrogens is 1. The molecule has 0 atom stereocenters. The van der Waals surface area contributed by atoms with Gasteiger partial charge >= 0.3 is 0 Å². The summed E-state index contributed by atoms with van der Waals surface area (Å²) < 4.78 is 0. The van der Waals surface area contributed by atoms with E-state index in [-0.39, 0.29) is 0 Å². The average molecular weight is 259 g/mol.